The fourth-order valence-corrected chi connectivity index (χ4v) is 2.56. The van der Waals surface area contributed by atoms with Gasteiger partial charge < -0.3 is 4.74 Å². The normalized spacial score (nSPS) is 12.0. The monoisotopic (exact) mass is 268 g/mol. The van der Waals surface area contributed by atoms with Crippen LogP contribution < -0.4 is 0 Å². The third kappa shape index (κ3) is 2.60. The summed E-state index contributed by atoms with van der Waals surface area (Å²) in [5, 5.41) is 0. The number of esters is 1. The van der Waals surface area contributed by atoms with E-state index in [1.165, 1.54) is 12.7 Å². The number of carbonyl (C=O) groups excluding carboxylic acids is 1. The van der Waals surface area contributed by atoms with Gasteiger partial charge in [-0.2, -0.15) is 0 Å². The molecule has 2 nitrogen and oxygen atoms in total. The van der Waals surface area contributed by atoms with Gasteiger partial charge in [0.25, 0.3) is 0 Å². The number of rotatable bonds is 3. The molecule has 0 radical (unpaired) electrons. The molecule has 0 heterocycles. The lowest BCUT2D eigenvalue weighted by molar-refractivity contribution is -0.141. The van der Waals surface area contributed by atoms with E-state index in [-0.39, 0.29) is 11.9 Å². The summed E-state index contributed by atoms with van der Waals surface area (Å²) in [4.78, 5) is 11.9. The molecule has 1 atom stereocenters. The molecule has 0 N–H and O–H groups in total. The Bertz CT molecular complexity index is 615. The third-order valence-corrected chi connectivity index (χ3v) is 3.86. The highest BCUT2D eigenvalue weighted by molar-refractivity contribution is 5.83. The first kappa shape index (κ1) is 14.3. The molecule has 0 aromatic heterocycles. The van der Waals surface area contributed by atoms with Crippen molar-refractivity contribution in [2.75, 3.05) is 7.11 Å². The van der Waals surface area contributed by atoms with Crippen molar-refractivity contribution >= 4 is 5.97 Å². The maximum absolute atomic E-state index is 11.9. The molecule has 2 aromatic carbocycles. The second-order valence-electron chi connectivity index (χ2n) is 5.08. The van der Waals surface area contributed by atoms with Crippen molar-refractivity contribution < 1.29 is 9.53 Å². The largest absolute Gasteiger partial charge is 0.469 e. The highest BCUT2D eigenvalue weighted by Gasteiger charge is 2.22. The number of hydrogen-bond donors (Lipinski definition) is 0. The first-order valence-corrected chi connectivity index (χ1v) is 6.79. The average molecular weight is 268 g/mol. The van der Waals surface area contributed by atoms with Crippen LogP contribution in [-0.4, -0.2) is 13.1 Å². The highest BCUT2D eigenvalue weighted by atomic mass is 16.5. The summed E-state index contributed by atoms with van der Waals surface area (Å²) in [7, 11) is 1.44. The number of methoxy groups -OCH3 is 1. The van der Waals surface area contributed by atoms with E-state index in [2.05, 4.69) is 38.1 Å². The summed E-state index contributed by atoms with van der Waals surface area (Å²) >= 11 is 0. The third-order valence-electron chi connectivity index (χ3n) is 3.86. The number of ether oxygens (including phenoxy) is 1. The summed E-state index contributed by atoms with van der Waals surface area (Å²) < 4.78 is 4.91. The predicted octanol–water partition coefficient (Wildman–Crippen LogP) is 4.25. The topological polar surface area (TPSA) is 26.3 Å². The van der Waals surface area contributed by atoms with Gasteiger partial charge in [0.05, 0.1) is 13.0 Å². The standard InChI is InChI=1S/C18H20O2/c1-12-10-11-16(15-8-6-5-7-9-15)17(13(12)2)14(3)18(19)20-4/h5-11,14H,1-4H3. The predicted molar refractivity (Wildman–Crippen MR) is 81.8 cm³/mol. The van der Waals surface area contributed by atoms with E-state index in [1.54, 1.807) is 0 Å². The Kier molecular flexibility index (Phi) is 4.23. The van der Waals surface area contributed by atoms with Crippen LogP contribution in [0.5, 0.6) is 0 Å². The molecule has 104 valence electrons. The zero-order valence-corrected chi connectivity index (χ0v) is 12.4. The van der Waals surface area contributed by atoms with E-state index in [0.717, 1.165) is 22.3 Å². The van der Waals surface area contributed by atoms with E-state index in [0.29, 0.717) is 0 Å². The van der Waals surface area contributed by atoms with Crippen LogP contribution in [0, 0.1) is 13.8 Å². The van der Waals surface area contributed by atoms with Crippen LogP contribution in [0.3, 0.4) is 0 Å². The Labute approximate surface area is 120 Å². The van der Waals surface area contributed by atoms with E-state index in [1.807, 2.05) is 25.1 Å². The van der Waals surface area contributed by atoms with Gasteiger partial charge in [-0.1, -0.05) is 42.5 Å². The molecule has 0 aliphatic rings. The van der Waals surface area contributed by atoms with Crippen molar-refractivity contribution in [1.82, 2.24) is 0 Å². The van der Waals surface area contributed by atoms with Gasteiger partial charge >= 0.3 is 5.97 Å². The second-order valence-corrected chi connectivity index (χ2v) is 5.08. The molecule has 1 unspecified atom stereocenters. The van der Waals surface area contributed by atoms with Crippen LogP contribution in [0.2, 0.25) is 0 Å². The summed E-state index contributed by atoms with van der Waals surface area (Å²) in [5.74, 6) is -0.467. The number of benzene rings is 2. The van der Waals surface area contributed by atoms with Gasteiger partial charge in [0.2, 0.25) is 0 Å². The van der Waals surface area contributed by atoms with Crippen molar-refractivity contribution in [2.24, 2.45) is 0 Å². The lowest BCUT2D eigenvalue weighted by atomic mass is 9.86. The average Bonchev–Trinajstić information content (AvgIpc) is 2.49. The van der Waals surface area contributed by atoms with Gasteiger partial charge in [-0.3, -0.25) is 4.79 Å². The SMILES string of the molecule is COC(=O)C(C)c1c(-c2ccccc2)ccc(C)c1C. The molecule has 0 spiro atoms. The van der Waals surface area contributed by atoms with E-state index in [4.69, 9.17) is 4.74 Å². The zero-order chi connectivity index (χ0) is 14.7. The van der Waals surface area contributed by atoms with E-state index >= 15 is 0 Å². The molecular weight excluding hydrogens is 248 g/mol. The molecule has 20 heavy (non-hydrogen) atoms. The van der Waals surface area contributed by atoms with Crippen LogP contribution in [0.15, 0.2) is 42.5 Å². The second kappa shape index (κ2) is 5.91. The minimum absolute atomic E-state index is 0.198. The van der Waals surface area contributed by atoms with Crippen molar-refractivity contribution in [3.05, 3.63) is 59.2 Å². The van der Waals surface area contributed by atoms with Gasteiger partial charge in [0.1, 0.15) is 0 Å². The van der Waals surface area contributed by atoms with Crippen molar-refractivity contribution in [1.29, 1.82) is 0 Å². The smallest absolute Gasteiger partial charge is 0.312 e. The minimum atomic E-state index is -0.268. The van der Waals surface area contributed by atoms with Crippen LogP contribution in [-0.2, 0) is 9.53 Å². The Morgan fingerprint density at radius 1 is 1.05 bits per heavy atom. The Hall–Kier alpha value is -2.09. The lowest BCUT2D eigenvalue weighted by Gasteiger charge is -2.19. The van der Waals surface area contributed by atoms with Gasteiger partial charge in [-0.05, 0) is 48.6 Å². The molecular formula is C18H20O2. The van der Waals surface area contributed by atoms with Crippen molar-refractivity contribution in [3.8, 4) is 11.1 Å². The Morgan fingerprint density at radius 2 is 1.70 bits per heavy atom. The number of aryl methyl sites for hydroxylation is 1. The Balaban J connectivity index is 2.64. The van der Waals surface area contributed by atoms with Gasteiger partial charge in [-0.25, -0.2) is 0 Å². The van der Waals surface area contributed by atoms with E-state index < -0.39 is 0 Å². The van der Waals surface area contributed by atoms with E-state index in [9.17, 15) is 4.79 Å². The lowest BCUT2D eigenvalue weighted by Crippen LogP contribution is -2.13. The highest BCUT2D eigenvalue weighted by Crippen LogP contribution is 2.34. The summed E-state index contributed by atoms with van der Waals surface area (Å²) in [6.45, 7) is 6.04. The molecule has 0 aliphatic heterocycles. The van der Waals surface area contributed by atoms with Crippen molar-refractivity contribution in [2.45, 2.75) is 26.7 Å². The molecule has 0 bridgehead atoms. The molecule has 0 amide bonds. The van der Waals surface area contributed by atoms with Gasteiger partial charge in [0, 0.05) is 0 Å². The van der Waals surface area contributed by atoms with Gasteiger partial charge in [-0.15, -0.1) is 0 Å². The van der Waals surface area contributed by atoms with Crippen LogP contribution in [0.1, 0.15) is 29.5 Å². The molecule has 0 saturated carbocycles. The molecule has 0 saturated heterocycles. The number of carbonyl (C=O) groups is 1. The fourth-order valence-electron chi connectivity index (χ4n) is 2.56. The Morgan fingerprint density at radius 3 is 2.30 bits per heavy atom. The fraction of sp³-hybridized carbons (Fsp3) is 0.278. The zero-order valence-electron chi connectivity index (χ0n) is 12.4. The first-order valence-electron chi connectivity index (χ1n) is 6.79. The number of hydrogen-bond acceptors (Lipinski definition) is 2. The summed E-state index contributed by atoms with van der Waals surface area (Å²) in [5.41, 5.74) is 5.63. The molecule has 0 aliphatic carbocycles. The summed E-state index contributed by atoms with van der Waals surface area (Å²) in [6.07, 6.45) is 0. The summed E-state index contributed by atoms with van der Waals surface area (Å²) in [6, 6.07) is 14.3. The first-order chi connectivity index (χ1) is 9.56. The van der Waals surface area contributed by atoms with Gasteiger partial charge in [0.15, 0.2) is 0 Å². The maximum atomic E-state index is 11.9. The maximum Gasteiger partial charge on any atom is 0.312 e. The molecule has 2 aromatic rings. The molecule has 2 rings (SSSR count). The minimum Gasteiger partial charge on any atom is -0.469 e. The van der Waals surface area contributed by atoms with Crippen molar-refractivity contribution in [3.63, 3.8) is 0 Å². The van der Waals surface area contributed by atoms with Crippen LogP contribution in [0.4, 0.5) is 0 Å². The molecule has 2 heteroatoms. The van der Waals surface area contributed by atoms with Crippen LogP contribution in [0.25, 0.3) is 11.1 Å². The molecule has 0 fully saturated rings. The van der Waals surface area contributed by atoms with Crippen LogP contribution >= 0.6 is 0 Å². The quantitative estimate of drug-likeness (QED) is 0.778.